The molecule has 1 aliphatic heterocycles. The minimum absolute atomic E-state index is 0.351. The summed E-state index contributed by atoms with van der Waals surface area (Å²) < 4.78 is 0. The predicted molar refractivity (Wildman–Crippen MR) is 82.3 cm³/mol. The molecule has 108 valence electrons. The summed E-state index contributed by atoms with van der Waals surface area (Å²) in [6, 6.07) is 19.9. The molecule has 4 rings (SSSR count). The number of hydrogen-bond acceptors (Lipinski definition) is 2. The van der Waals surface area contributed by atoms with Crippen molar-refractivity contribution in [2.24, 2.45) is 0 Å². The minimum atomic E-state index is -0.689. The van der Waals surface area contributed by atoms with Gasteiger partial charge in [0.05, 0.1) is 10.8 Å². The van der Waals surface area contributed by atoms with Crippen molar-refractivity contribution in [2.45, 2.75) is 28.4 Å². The van der Waals surface area contributed by atoms with E-state index in [2.05, 4.69) is 0 Å². The Morgan fingerprint density at radius 3 is 1.48 bits per heavy atom. The lowest BCUT2D eigenvalue weighted by Crippen LogP contribution is -2.43. The molecule has 2 aromatic rings. The third-order valence-corrected chi connectivity index (χ3v) is 5.87. The van der Waals surface area contributed by atoms with E-state index in [0.717, 1.165) is 11.1 Å². The predicted octanol–water partition coefficient (Wildman–Crippen LogP) is 4.36. The van der Waals surface area contributed by atoms with Gasteiger partial charge in [-0.25, -0.2) is 9.78 Å². The van der Waals surface area contributed by atoms with Gasteiger partial charge in [0.15, 0.2) is 0 Å². The lowest BCUT2D eigenvalue weighted by atomic mass is 9.87. The molecule has 2 aromatic carbocycles. The van der Waals surface area contributed by atoms with Crippen molar-refractivity contribution in [2.75, 3.05) is 0 Å². The van der Waals surface area contributed by atoms with Gasteiger partial charge in [-0.15, -0.1) is 23.2 Å². The molecular weight excluding hydrogens is 307 g/mol. The van der Waals surface area contributed by atoms with Gasteiger partial charge in [0, 0.05) is 6.42 Å². The minimum Gasteiger partial charge on any atom is -0.222 e. The van der Waals surface area contributed by atoms with Crippen LogP contribution in [-0.2, 0) is 21.0 Å². The summed E-state index contributed by atoms with van der Waals surface area (Å²) in [4.78, 5) is 11.5. The maximum atomic E-state index is 6.65. The highest BCUT2D eigenvalue weighted by atomic mass is 35.5. The van der Waals surface area contributed by atoms with Crippen molar-refractivity contribution in [3.63, 3.8) is 0 Å². The van der Waals surface area contributed by atoms with Gasteiger partial charge >= 0.3 is 0 Å². The molecule has 2 aliphatic rings. The van der Waals surface area contributed by atoms with Gasteiger partial charge in [-0.2, -0.15) is 0 Å². The van der Waals surface area contributed by atoms with Crippen LogP contribution in [0.15, 0.2) is 60.7 Å². The van der Waals surface area contributed by atoms with Crippen molar-refractivity contribution in [3.8, 4) is 0 Å². The summed E-state index contributed by atoms with van der Waals surface area (Å²) in [5.74, 6) is 0. The maximum absolute atomic E-state index is 6.65. The van der Waals surface area contributed by atoms with E-state index < -0.39 is 11.2 Å². The van der Waals surface area contributed by atoms with Gasteiger partial charge in [0.2, 0.25) is 0 Å². The Hall–Kier alpha value is -1.06. The summed E-state index contributed by atoms with van der Waals surface area (Å²) in [5.41, 5.74) is 0.632. The van der Waals surface area contributed by atoms with Crippen molar-refractivity contribution < 1.29 is 9.78 Å². The second kappa shape index (κ2) is 4.72. The number of rotatable bonds is 2. The summed E-state index contributed by atoms with van der Waals surface area (Å²) >= 11 is 13.3. The molecule has 2 nitrogen and oxygen atoms in total. The smallest absolute Gasteiger partial charge is 0.150 e. The van der Waals surface area contributed by atoms with Crippen LogP contribution in [0.2, 0.25) is 0 Å². The molecule has 4 atom stereocenters. The standard InChI is InChI=1S/C17H14Cl2O2/c18-14-15(19)17(13-9-5-2-6-10-13)11-16(14,20-21-17)12-7-3-1-4-8-12/h1-10,14-15H,11H2/t14-,15-,16-,17+/m1/s1. The maximum Gasteiger partial charge on any atom is 0.150 e. The number of alkyl halides is 2. The van der Waals surface area contributed by atoms with Crippen LogP contribution < -0.4 is 0 Å². The second-order valence-corrected chi connectivity index (χ2v) is 6.60. The number of fused-ring (bicyclic) bond motifs is 2. The van der Waals surface area contributed by atoms with Gasteiger partial charge in [0.1, 0.15) is 11.2 Å². The monoisotopic (exact) mass is 320 g/mol. The molecule has 2 fully saturated rings. The third kappa shape index (κ3) is 1.74. The quantitative estimate of drug-likeness (QED) is 0.604. The summed E-state index contributed by atoms with van der Waals surface area (Å²) in [7, 11) is 0. The largest absolute Gasteiger partial charge is 0.222 e. The summed E-state index contributed by atoms with van der Waals surface area (Å²) in [6.45, 7) is 0. The first kappa shape index (κ1) is 13.6. The zero-order valence-electron chi connectivity index (χ0n) is 11.2. The zero-order valence-corrected chi connectivity index (χ0v) is 12.7. The Balaban J connectivity index is 1.83. The molecule has 1 saturated heterocycles. The van der Waals surface area contributed by atoms with Gasteiger partial charge in [-0.05, 0) is 11.1 Å². The fourth-order valence-corrected chi connectivity index (χ4v) is 4.30. The van der Waals surface area contributed by atoms with Crippen LogP contribution in [0.1, 0.15) is 17.5 Å². The fourth-order valence-electron chi connectivity index (χ4n) is 3.42. The molecule has 1 heterocycles. The molecule has 4 heteroatoms. The van der Waals surface area contributed by atoms with Crippen LogP contribution in [0.5, 0.6) is 0 Å². The van der Waals surface area contributed by atoms with Crippen LogP contribution in [0, 0.1) is 0 Å². The second-order valence-electron chi connectivity index (χ2n) is 5.66. The molecule has 0 spiro atoms. The van der Waals surface area contributed by atoms with Crippen molar-refractivity contribution in [1.82, 2.24) is 0 Å². The molecule has 2 bridgehead atoms. The SMILES string of the molecule is Cl[C@@H]1[C@@H](Cl)[C@]2(c3ccccc3)C[C@@]1(c1ccccc1)OO2. The molecule has 1 aliphatic carbocycles. The van der Waals surface area contributed by atoms with E-state index in [1.807, 2.05) is 60.7 Å². The topological polar surface area (TPSA) is 18.5 Å². The van der Waals surface area contributed by atoms with Gasteiger partial charge in [-0.3, -0.25) is 0 Å². The lowest BCUT2D eigenvalue weighted by Gasteiger charge is -2.35. The van der Waals surface area contributed by atoms with Crippen LogP contribution in [0.25, 0.3) is 0 Å². The Kier molecular flexibility index (Phi) is 3.05. The van der Waals surface area contributed by atoms with E-state index in [0.29, 0.717) is 6.42 Å². The first-order chi connectivity index (χ1) is 10.2. The molecular formula is C17H14Cl2O2. The zero-order chi connectivity index (χ0) is 14.5. The summed E-state index contributed by atoms with van der Waals surface area (Å²) in [5, 5.41) is -0.703. The molecule has 0 N–H and O–H groups in total. The van der Waals surface area contributed by atoms with Crippen molar-refractivity contribution in [3.05, 3.63) is 71.8 Å². The molecule has 0 amide bonds. The molecule has 0 aromatic heterocycles. The summed E-state index contributed by atoms with van der Waals surface area (Å²) in [6.07, 6.45) is 0.621. The highest BCUT2D eigenvalue weighted by Crippen LogP contribution is 2.63. The van der Waals surface area contributed by atoms with Crippen LogP contribution >= 0.6 is 23.2 Å². The number of halogens is 2. The van der Waals surface area contributed by atoms with E-state index in [-0.39, 0.29) is 10.8 Å². The normalized spacial score (nSPS) is 37.8. The highest BCUT2D eigenvalue weighted by Gasteiger charge is 2.70. The van der Waals surface area contributed by atoms with Crippen LogP contribution in [-0.4, -0.2) is 10.8 Å². The number of benzene rings is 2. The first-order valence-electron chi connectivity index (χ1n) is 6.95. The molecule has 0 radical (unpaired) electrons. The van der Waals surface area contributed by atoms with Crippen molar-refractivity contribution in [1.29, 1.82) is 0 Å². The molecule has 1 saturated carbocycles. The Morgan fingerprint density at radius 2 is 1.10 bits per heavy atom. The van der Waals surface area contributed by atoms with Gasteiger partial charge in [-0.1, -0.05) is 60.7 Å². The van der Waals surface area contributed by atoms with Crippen molar-refractivity contribution >= 4 is 23.2 Å². The highest BCUT2D eigenvalue weighted by molar-refractivity contribution is 6.31. The Morgan fingerprint density at radius 1 is 0.714 bits per heavy atom. The van der Waals surface area contributed by atoms with Gasteiger partial charge in [0.25, 0.3) is 0 Å². The van der Waals surface area contributed by atoms with Gasteiger partial charge < -0.3 is 0 Å². The Labute approximate surface area is 133 Å². The van der Waals surface area contributed by atoms with E-state index in [4.69, 9.17) is 33.0 Å². The van der Waals surface area contributed by atoms with E-state index in [1.165, 1.54) is 0 Å². The molecule has 21 heavy (non-hydrogen) atoms. The van der Waals surface area contributed by atoms with E-state index in [9.17, 15) is 0 Å². The Bertz CT molecular complexity index is 591. The van der Waals surface area contributed by atoms with E-state index in [1.54, 1.807) is 0 Å². The average Bonchev–Trinajstić information content (AvgIpc) is 3.06. The lowest BCUT2D eigenvalue weighted by molar-refractivity contribution is -0.378. The van der Waals surface area contributed by atoms with Crippen LogP contribution in [0.4, 0.5) is 0 Å². The number of hydrogen-bond donors (Lipinski definition) is 0. The fraction of sp³-hybridized carbons (Fsp3) is 0.294. The van der Waals surface area contributed by atoms with Crippen LogP contribution in [0.3, 0.4) is 0 Å². The first-order valence-corrected chi connectivity index (χ1v) is 7.82. The van der Waals surface area contributed by atoms with E-state index >= 15 is 0 Å². The third-order valence-electron chi connectivity index (χ3n) is 4.54. The molecule has 0 unspecified atom stereocenters. The average molecular weight is 321 g/mol.